The average molecular weight is 375 g/mol. The van der Waals surface area contributed by atoms with E-state index in [9.17, 15) is 9.59 Å². The number of ether oxygens (including phenoxy) is 2. The number of anilines is 1. The summed E-state index contributed by atoms with van der Waals surface area (Å²) in [5, 5.41) is 5.82. The number of hydrogen-bond donors (Lipinski definition) is 2. The number of hydrogen-bond acceptors (Lipinski definition) is 4. The highest BCUT2D eigenvalue weighted by Gasteiger charge is 2.18. The lowest BCUT2D eigenvalue weighted by Crippen LogP contribution is -2.22. The molecule has 3 rings (SSSR count). The fraction of sp³-hybridized carbons (Fsp3) is 0.263. The van der Waals surface area contributed by atoms with E-state index in [1.807, 2.05) is 6.92 Å². The van der Waals surface area contributed by atoms with Gasteiger partial charge in [-0.1, -0.05) is 17.7 Å². The molecule has 2 aromatic rings. The summed E-state index contributed by atoms with van der Waals surface area (Å²) in [5.41, 5.74) is 1.34. The van der Waals surface area contributed by atoms with Crippen LogP contribution >= 0.6 is 11.6 Å². The van der Waals surface area contributed by atoms with Gasteiger partial charge in [0.15, 0.2) is 11.5 Å². The maximum absolute atomic E-state index is 12.6. The summed E-state index contributed by atoms with van der Waals surface area (Å²) in [4.78, 5) is 24.5. The van der Waals surface area contributed by atoms with E-state index in [4.69, 9.17) is 21.1 Å². The van der Waals surface area contributed by atoms with Crippen molar-refractivity contribution in [2.75, 3.05) is 25.1 Å². The van der Waals surface area contributed by atoms with Gasteiger partial charge >= 0.3 is 0 Å². The molecule has 0 bridgehead atoms. The molecule has 136 valence electrons. The van der Waals surface area contributed by atoms with E-state index in [1.165, 1.54) is 6.07 Å². The van der Waals surface area contributed by atoms with E-state index >= 15 is 0 Å². The third kappa shape index (κ3) is 4.08. The van der Waals surface area contributed by atoms with Crippen LogP contribution in [0.5, 0.6) is 11.5 Å². The Labute approximate surface area is 156 Å². The van der Waals surface area contributed by atoms with Crippen molar-refractivity contribution in [2.24, 2.45) is 0 Å². The Kier molecular flexibility index (Phi) is 5.63. The molecule has 7 heteroatoms. The lowest BCUT2D eigenvalue weighted by Gasteiger charge is -2.12. The topological polar surface area (TPSA) is 76.7 Å². The fourth-order valence-electron chi connectivity index (χ4n) is 2.57. The second-order valence-electron chi connectivity index (χ2n) is 5.73. The smallest absolute Gasteiger partial charge is 0.255 e. The summed E-state index contributed by atoms with van der Waals surface area (Å²) in [6.07, 6.45) is 0.749. The summed E-state index contributed by atoms with van der Waals surface area (Å²) in [7, 11) is 0. The van der Waals surface area contributed by atoms with E-state index in [-0.39, 0.29) is 11.8 Å². The van der Waals surface area contributed by atoms with Gasteiger partial charge in [0, 0.05) is 29.8 Å². The lowest BCUT2D eigenvalue weighted by molar-refractivity contribution is 0.0954. The van der Waals surface area contributed by atoms with Crippen molar-refractivity contribution in [3.63, 3.8) is 0 Å². The van der Waals surface area contributed by atoms with Gasteiger partial charge in [-0.2, -0.15) is 0 Å². The maximum atomic E-state index is 12.6. The minimum atomic E-state index is -0.351. The number of nitrogens with one attached hydrogen (secondary N) is 2. The van der Waals surface area contributed by atoms with Gasteiger partial charge in [0.2, 0.25) is 0 Å². The predicted molar refractivity (Wildman–Crippen MR) is 99.5 cm³/mol. The second-order valence-corrected chi connectivity index (χ2v) is 6.14. The Bertz CT molecular complexity index is 838. The fourth-order valence-corrected chi connectivity index (χ4v) is 2.83. The molecule has 1 aliphatic rings. The minimum absolute atomic E-state index is 0.192. The molecule has 1 heterocycles. The number of carbonyl (C=O) groups is 2. The molecule has 0 saturated heterocycles. The zero-order chi connectivity index (χ0) is 18.5. The molecular formula is C19H19ClN2O4. The van der Waals surface area contributed by atoms with Gasteiger partial charge in [0.05, 0.1) is 18.2 Å². The zero-order valence-electron chi connectivity index (χ0n) is 14.3. The van der Waals surface area contributed by atoms with Crippen LogP contribution in [0.25, 0.3) is 0 Å². The number of rotatable bonds is 4. The van der Waals surface area contributed by atoms with E-state index in [0.717, 1.165) is 6.42 Å². The number of halogens is 1. The molecule has 0 aromatic heterocycles. The Hall–Kier alpha value is -2.73. The molecule has 0 spiro atoms. The van der Waals surface area contributed by atoms with Crippen molar-refractivity contribution < 1.29 is 19.1 Å². The van der Waals surface area contributed by atoms with Crippen LogP contribution in [0.4, 0.5) is 5.69 Å². The molecule has 0 unspecified atom stereocenters. The van der Waals surface area contributed by atoms with Crippen LogP contribution in [0, 0.1) is 0 Å². The first-order valence-corrected chi connectivity index (χ1v) is 8.75. The molecule has 2 N–H and O–H groups in total. The predicted octanol–water partition coefficient (Wildman–Crippen LogP) is 3.50. The molecule has 2 aromatic carbocycles. The molecule has 0 fully saturated rings. The van der Waals surface area contributed by atoms with Crippen molar-refractivity contribution in [2.45, 2.75) is 13.3 Å². The maximum Gasteiger partial charge on any atom is 0.255 e. The number of amides is 2. The Morgan fingerprint density at radius 3 is 2.69 bits per heavy atom. The van der Waals surface area contributed by atoms with Crippen molar-refractivity contribution >= 4 is 29.1 Å². The summed E-state index contributed by atoms with van der Waals surface area (Å²) < 4.78 is 11.2. The van der Waals surface area contributed by atoms with Crippen LogP contribution in [0.3, 0.4) is 0 Å². The molecule has 0 saturated carbocycles. The van der Waals surface area contributed by atoms with Gasteiger partial charge in [-0.3, -0.25) is 9.59 Å². The van der Waals surface area contributed by atoms with Crippen LogP contribution in [0.15, 0.2) is 36.4 Å². The van der Waals surface area contributed by atoms with Crippen molar-refractivity contribution in [1.29, 1.82) is 0 Å². The summed E-state index contributed by atoms with van der Waals surface area (Å²) >= 11 is 6.23. The number of carbonyl (C=O) groups excluding carboxylic acids is 2. The molecule has 0 atom stereocenters. The third-order valence-corrected chi connectivity index (χ3v) is 4.07. The largest absolute Gasteiger partial charge is 0.489 e. The summed E-state index contributed by atoms with van der Waals surface area (Å²) in [6.45, 7) is 3.40. The number of fused-ring (bicyclic) bond motifs is 1. The Morgan fingerprint density at radius 1 is 1.08 bits per heavy atom. The standard InChI is InChI=1S/C19H19ClN2O4/c1-2-21-18(23)12-5-3-6-14(9-12)22-19(24)13-10-15(20)17-16(11-13)25-7-4-8-26-17/h3,5-6,9-11H,2,4,7-8H2,1H3,(H,21,23)(H,22,24). The van der Waals surface area contributed by atoms with Crippen LogP contribution in [0.1, 0.15) is 34.1 Å². The van der Waals surface area contributed by atoms with Crippen LogP contribution in [0.2, 0.25) is 5.02 Å². The molecule has 1 aliphatic heterocycles. The lowest BCUT2D eigenvalue weighted by atomic mass is 10.1. The highest BCUT2D eigenvalue weighted by Crippen LogP contribution is 2.38. The van der Waals surface area contributed by atoms with Crippen LogP contribution in [-0.4, -0.2) is 31.6 Å². The second kappa shape index (κ2) is 8.10. The highest BCUT2D eigenvalue weighted by atomic mass is 35.5. The van der Waals surface area contributed by atoms with Crippen molar-refractivity contribution in [3.8, 4) is 11.5 Å². The summed E-state index contributed by atoms with van der Waals surface area (Å²) in [6, 6.07) is 9.87. The molecule has 2 amide bonds. The van der Waals surface area contributed by atoms with Gasteiger partial charge in [-0.25, -0.2) is 0 Å². The van der Waals surface area contributed by atoms with Gasteiger partial charge in [0.25, 0.3) is 11.8 Å². The first kappa shape index (κ1) is 18.1. The van der Waals surface area contributed by atoms with E-state index in [2.05, 4.69) is 10.6 Å². The first-order valence-electron chi connectivity index (χ1n) is 8.37. The zero-order valence-corrected chi connectivity index (χ0v) is 15.1. The van der Waals surface area contributed by atoms with Gasteiger partial charge in [-0.15, -0.1) is 0 Å². The SMILES string of the molecule is CCNC(=O)c1cccc(NC(=O)c2cc(Cl)c3c(c2)OCCCO3)c1. The monoisotopic (exact) mass is 374 g/mol. The molecule has 0 aliphatic carbocycles. The number of benzene rings is 2. The van der Waals surface area contributed by atoms with Gasteiger partial charge in [0.1, 0.15) is 0 Å². The van der Waals surface area contributed by atoms with E-state index < -0.39 is 0 Å². The molecular weight excluding hydrogens is 356 g/mol. The van der Waals surface area contributed by atoms with Crippen LogP contribution in [-0.2, 0) is 0 Å². The molecule has 6 nitrogen and oxygen atoms in total. The quantitative estimate of drug-likeness (QED) is 0.858. The van der Waals surface area contributed by atoms with Gasteiger partial charge < -0.3 is 20.1 Å². The van der Waals surface area contributed by atoms with Crippen LogP contribution < -0.4 is 20.1 Å². The van der Waals surface area contributed by atoms with E-state index in [0.29, 0.717) is 53.1 Å². The van der Waals surface area contributed by atoms with Crippen molar-refractivity contribution in [1.82, 2.24) is 5.32 Å². The minimum Gasteiger partial charge on any atom is -0.489 e. The van der Waals surface area contributed by atoms with Crippen molar-refractivity contribution in [3.05, 3.63) is 52.5 Å². The van der Waals surface area contributed by atoms with E-state index in [1.54, 1.807) is 30.3 Å². The summed E-state index contributed by atoms with van der Waals surface area (Å²) in [5.74, 6) is 0.369. The molecule has 0 radical (unpaired) electrons. The first-order chi connectivity index (χ1) is 12.6. The average Bonchev–Trinajstić information content (AvgIpc) is 2.88. The Morgan fingerprint density at radius 2 is 1.88 bits per heavy atom. The Balaban J connectivity index is 1.80. The third-order valence-electron chi connectivity index (χ3n) is 3.78. The van der Waals surface area contributed by atoms with Gasteiger partial charge in [-0.05, 0) is 37.3 Å². The molecule has 26 heavy (non-hydrogen) atoms. The normalized spacial score (nSPS) is 12.8. The highest BCUT2D eigenvalue weighted by molar-refractivity contribution is 6.32.